The van der Waals surface area contributed by atoms with Gasteiger partial charge in [0.15, 0.2) is 0 Å². The first kappa shape index (κ1) is 11.4. The molecular formula is C13H17NOS. The number of aliphatic hydroxyl groups is 1. The van der Waals surface area contributed by atoms with Crippen LogP contribution in [0, 0.1) is 27.7 Å². The van der Waals surface area contributed by atoms with E-state index in [1.807, 2.05) is 19.2 Å². The highest BCUT2D eigenvalue weighted by Crippen LogP contribution is 2.30. The normalized spacial score (nSPS) is 13.1. The molecule has 2 N–H and O–H groups in total. The van der Waals surface area contributed by atoms with Gasteiger partial charge < -0.3 is 10.1 Å². The fourth-order valence-corrected chi connectivity index (χ4v) is 2.82. The molecular weight excluding hydrogens is 218 g/mol. The van der Waals surface area contributed by atoms with Crippen LogP contribution < -0.4 is 0 Å². The highest BCUT2D eigenvalue weighted by molar-refractivity contribution is 7.08. The van der Waals surface area contributed by atoms with Gasteiger partial charge in [-0.15, -0.1) is 0 Å². The number of hydrogen-bond acceptors (Lipinski definition) is 2. The summed E-state index contributed by atoms with van der Waals surface area (Å²) in [5.74, 6) is 0. The summed E-state index contributed by atoms with van der Waals surface area (Å²) >= 11 is 1.63. The zero-order valence-corrected chi connectivity index (χ0v) is 10.9. The van der Waals surface area contributed by atoms with Crippen LogP contribution in [-0.2, 0) is 0 Å². The Bertz CT molecular complexity index is 510. The first-order valence-electron chi connectivity index (χ1n) is 5.38. The van der Waals surface area contributed by atoms with E-state index in [1.165, 1.54) is 5.56 Å². The number of aliphatic hydroxyl groups excluding tert-OH is 1. The maximum atomic E-state index is 10.4. The van der Waals surface area contributed by atoms with Gasteiger partial charge >= 0.3 is 0 Å². The van der Waals surface area contributed by atoms with Gasteiger partial charge in [0.25, 0.3) is 0 Å². The van der Waals surface area contributed by atoms with Gasteiger partial charge in [-0.2, -0.15) is 11.3 Å². The van der Waals surface area contributed by atoms with E-state index in [0.29, 0.717) is 0 Å². The average molecular weight is 235 g/mol. The Labute approximate surface area is 100.0 Å². The van der Waals surface area contributed by atoms with Gasteiger partial charge in [0, 0.05) is 11.3 Å². The van der Waals surface area contributed by atoms with Crippen molar-refractivity contribution in [1.82, 2.24) is 4.98 Å². The molecule has 86 valence electrons. The smallest absolute Gasteiger partial charge is 0.120 e. The molecule has 0 radical (unpaired) electrons. The van der Waals surface area contributed by atoms with Gasteiger partial charge in [-0.05, 0) is 55.1 Å². The van der Waals surface area contributed by atoms with E-state index in [4.69, 9.17) is 0 Å². The van der Waals surface area contributed by atoms with E-state index in [2.05, 4.69) is 24.2 Å². The molecule has 2 rings (SSSR count). The van der Waals surface area contributed by atoms with Gasteiger partial charge in [0.05, 0.1) is 5.69 Å². The highest BCUT2D eigenvalue weighted by atomic mass is 32.1. The monoisotopic (exact) mass is 235 g/mol. The van der Waals surface area contributed by atoms with Crippen molar-refractivity contribution in [2.24, 2.45) is 0 Å². The fourth-order valence-electron chi connectivity index (χ4n) is 1.95. The molecule has 2 aromatic rings. The van der Waals surface area contributed by atoms with Crippen LogP contribution in [0.25, 0.3) is 0 Å². The predicted octanol–water partition coefficient (Wildman–Crippen LogP) is 3.39. The van der Waals surface area contributed by atoms with Crippen LogP contribution in [-0.4, -0.2) is 10.1 Å². The Kier molecular flexibility index (Phi) is 2.91. The van der Waals surface area contributed by atoms with Crippen LogP contribution in [0.2, 0.25) is 0 Å². The van der Waals surface area contributed by atoms with E-state index >= 15 is 0 Å². The Morgan fingerprint density at radius 3 is 2.25 bits per heavy atom. The summed E-state index contributed by atoms with van der Waals surface area (Å²) in [6.07, 6.45) is -0.529. The predicted molar refractivity (Wildman–Crippen MR) is 68.1 cm³/mol. The zero-order chi connectivity index (χ0) is 11.9. The molecule has 0 fully saturated rings. The second-order valence-corrected chi connectivity index (χ2v) is 5.07. The lowest BCUT2D eigenvalue weighted by molar-refractivity contribution is 0.215. The number of rotatable bonds is 2. The molecule has 0 aromatic carbocycles. The van der Waals surface area contributed by atoms with Crippen LogP contribution in [0.5, 0.6) is 0 Å². The van der Waals surface area contributed by atoms with Crippen LogP contribution in [0.4, 0.5) is 0 Å². The summed E-state index contributed by atoms with van der Waals surface area (Å²) in [7, 11) is 0. The zero-order valence-electron chi connectivity index (χ0n) is 10.1. The van der Waals surface area contributed by atoms with Crippen LogP contribution in [0.1, 0.15) is 39.7 Å². The number of aryl methyl sites for hydroxylation is 2. The topological polar surface area (TPSA) is 36.0 Å². The first-order valence-corrected chi connectivity index (χ1v) is 6.33. The molecule has 3 heteroatoms. The van der Waals surface area contributed by atoms with Crippen molar-refractivity contribution in [2.45, 2.75) is 33.8 Å². The molecule has 0 aliphatic carbocycles. The van der Waals surface area contributed by atoms with Gasteiger partial charge in [-0.25, -0.2) is 0 Å². The molecule has 0 spiro atoms. The molecule has 0 saturated heterocycles. The van der Waals surface area contributed by atoms with E-state index < -0.39 is 6.10 Å². The van der Waals surface area contributed by atoms with Gasteiger partial charge in [-0.3, -0.25) is 0 Å². The second-order valence-electron chi connectivity index (χ2n) is 4.33. The average Bonchev–Trinajstić information content (AvgIpc) is 2.77. The maximum absolute atomic E-state index is 10.4. The molecule has 16 heavy (non-hydrogen) atoms. The van der Waals surface area contributed by atoms with E-state index in [9.17, 15) is 5.11 Å². The Morgan fingerprint density at radius 1 is 1.12 bits per heavy atom. The third-order valence-electron chi connectivity index (χ3n) is 3.31. The second kappa shape index (κ2) is 4.07. The van der Waals surface area contributed by atoms with Crippen molar-refractivity contribution < 1.29 is 5.11 Å². The Balaban J connectivity index is 2.45. The number of hydrogen-bond donors (Lipinski definition) is 2. The van der Waals surface area contributed by atoms with Crippen molar-refractivity contribution in [3.8, 4) is 0 Å². The number of nitrogens with one attached hydrogen (secondary N) is 1. The van der Waals surface area contributed by atoms with Gasteiger partial charge in [-0.1, -0.05) is 0 Å². The quantitative estimate of drug-likeness (QED) is 0.822. The maximum Gasteiger partial charge on any atom is 0.120 e. The summed E-state index contributed by atoms with van der Waals surface area (Å²) in [4.78, 5) is 3.28. The van der Waals surface area contributed by atoms with Crippen molar-refractivity contribution in [1.29, 1.82) is 0 Å². The minimum atomic E-state index is -0.529. The third kappa shape index (κ3) is 1.70. The van der Waals surface area contributed by atoms with Crippen molar-refractivity contribution in [3.05, 3.63) is 44.4 Å². The molecule has 2 heterocycles. The molecule has 0 aliphatic heterocycles. The van der Waals surface area contributed by atoms with Gasteiger partial charge in [0.2, 0.25) is 0 Å². The van der Waals surface area contributed by atoms with E-state index in [1.54, 1.807) is 11.3 Å². The molecule has 0 amide bonds. The van der Waals surface area contributed by atoms with Crippen LogP contribution in [0.3, 0.4) is 0 Å². The van der Waals surface area contributed by atoms with Crippen molar-refractivity contribution in [2.75, 3.05) is 0 Å². The first-order chi connectivity index (χ1) is 7.52. The summed E-state index contributed by atoms with van der Waals surface area (Å²) in [5, 5.41) is 14.4. The van der Waals surface area contributed by atoms with Crippen molar-refractivity contribution >= 4 is 11.3 Å². The molecule has 0 bridgehead atoms. The molecule has 1 atom stereocenters. The summed E-state index contributed by atoms with van der Waals surface area (Å²) in [6, 6.07) is 0. The summed E-state index contributed by atoms with van der Waals surface area (Å²) < 4.78 is 0. The molecule has 2 nitrogen and oxygen atoms in total. The number of thiophene rings is 1. The Hall–Kier alpha value is -1.06. The minimum Gasteiger partial charge on any atom is -0.382 e. The largest absolute Gasteiger partial charge is 0.382 e. The molecule has 1 unspecified atom stereocenters. The van der Waals surface area contributed by atoms with Crippen LogP contribution in [0.15, 0.2) is 10.8 Å². The van der Waals surface area contributed by atoms with E-state index in [0.717, 1.165) is 28.1 Å². The number of H-pyrrole nitrogens is 1. The van der Waals surface area contributed by atoms with E-state index in [-0.39, 0.29) is 0 Å². The Morgan fingerprint density at radius 2 is 1.81 bits per heavy atom. The third-order valence-corrected chi connectivity index (χ3v) is 4.19. The fraction of sp³-hybridized carbons (Fsp3) is 0.385. The lowest BCUT2D eigenvalue weighted by Gasteiger charge is -2.10. The van der Waals surface area contributed by atoms with Gasteiger partial charge in [0.1, 0.15) is 6.10 Å². The molecule has 2 aromatic heterocycles. The SMILES string of the molecule is Cc1cscc1C(O)c1[nH]c(C)c(C)c1C. The number of aromatic nitrogens is 1. The lowest BCUT2D eigenvalue weighted by atomic mass is 10.0. The molecule has 0 saturated carbocycles. The van der Waals surface area contributed by atoms with Crippen molar-refractivity contribution in [3.63, 3.8) is 0 Å². The minimum absolute atomic E-state index is 0.529. The lowest BCUT2D eigenvalue weighted by Crippen LogP contribution is -2.02. The standard InChI is InChI=1S/C13H17NOS/c1-7-5-16-6-11(7)13(15)12-9(3)8(2)10(4)14-12/h5-6,13-15H,1-4H3. The summed E-state index contributed by atoms with van der Waals surface area (Å²) in [5.41, 5.74) is 6.63. The highest BCUT2D eigenvalue weighted by Gasteiger charge is 2.19. The van der Waals surface area contributed by atoms with Crippen LogP contribution >= 0.6 is 11.3 Å². The number of aromatic amines is 1. The molecule has 0 aliphatic rings. The summed E-state index contributed by atoms with van der Waals surface area (Å²) in [6.45, 7) is 8.21.